The third-order valence-corrected chi connectivity index (χ3v) is 4.84. The minimum absolute atomic E-state index is 0.00324. The Hall–Kier alpha value is -2.14. The Morgan fingerprint density at radius 3 is 2.75 bits per heavy atom. The van der Waals surface area contributed by atoms with Crippen molar-refractivity contribution >= 4 is 5.91 Å². The second-order valence-electron chi connectivity index (χ2n) is 6.79. The summed E-state index contributed by atoms with van der Waals surface area (Å²) in [5.41, 5.74) is 2.54. The predicted octanol–water partition coefficient (Wildman–Crippen LogP) is 3.05. The number of ether oxygens (including phenoxy) is 1. The highest BCUT2D eigenvalue weighted by Gasteiger charge is 2.30. The summed E-state index contributed by atoms with van der Waals surface area (Å²) in [7, 11) is 0. The van der Waals surface area contributed by atoms with E-state index in [0.717, 1.165) is 30.8 Å². The van der Waals surface area contributed by atoms with Gasteiger partial charge in [0.05, 0.1) is 23.5 Å². The molecule has 2 heterocycles. The number of hydrogen-bond acceptors (Lipinski definition) is 3. The van der Waals surface area contributed by atoms with Gasteiger partial charge in [-0.1, -0.05) is 18.2 Å². The van der Waals surface area contributed by atoms with Crippen molar-refractivity contribution in [2.45, 2.75) is 50.7 Å². The van der Waals surface area contributed by atoms with E-state index in [2.05, 4.69) is 5.32 Å². The Balaban J connectivity index is 1.59. The molecular formula is C19H23N3O2. The number of nitrogens with one attached hydrogen (secondary N) is 1. The van der Waals surface area contributed by atoms with Crippen LogP contribution >= 0.6 is 0 Å². The van der Waals surface area contributed by atoms with Gasteiger partial charge >= 0.3 is 0 Å². The van der Waals surface area contributed by atoms with Crippen molar-refractivity contribution in [1.29, 1.82) is 0 Å². The van der Waals surface area contributed by atoms with Crippen LogP contribution < -0.4 is 5.32 Å². The average Bonchev–Trinajstić information content (AvgIpc) is 3.14. The summed E-state index contributed by atoms with van der Waals surface area (Å²) in [5.74, 6) is 0.429. The fraction of sp³-hybridized carbons (Fsp3) is 0.474. The summed E-state index contributed by atoms with van der Waals surface area (Å²) in [6.07, 6.45) is 4.52. The molecule has 2 aromatic rings. The Labute approximate surface area is 142 Å². The number of nitrogens with zero attached hydrogens (tertiary/aromatic N) is 2. The molecule has 1 amide bonds. The van der Waals surface area contributed by atoms with Crippen molar-refractivity contribution in [3.05, 3.63) is 47.8 Å². The highest BCUT2D eigenvalue weighted by molar-refractivity contribution is 5.93. The van der Waals surface area contributed by atoms with Crippen LogP contribution in [0.5, 0.6) is 0 Å². The van der Waals surface area contributed by atoms with Crippen molar-refractivity contribution in [1.82, 2.24) is 15.1 Å². The molecule has 2 aliphatic rings. The maximum Gasteiger partial charge on any atom is 0.270 e. The van der Waals surface area contributed by atoms with Crippen LogP contribution in [0, 0.1) is 0 Å². The predicted molar refractivity (Wildman–Crippen MR) is 91.4 cm³/mol. The molecule has 1 aromatic heterocycles. The lowest BCUT2D eigenvalue weighted by Crippen LogP contribution is -2.41. The first kappa shape index (κ1) is 15.4. The standard InChI is InChI=1S/C19H23N3O2/c1-13(18-8-5-11-24-18)20-19(23)17-12-16(14-9-10-14)21-22(17)15-6-3-2-4-7-15/h2-4,6-7,12-14,18H,5,8-11H2,1H3,(H,20,23). The van der Waals surface area contributed by atoms with Crippen LogP contribution in [0.4, 0.5) is 0 Å². The maximum absolute atomic E-state index is 12.8. The summed E-state index contributed by atoms with van der Waals surface area (Å²) in [6.45, 7) is 2.80. The first-order chi connectivity index (χ1) is 11.7. The smallest absolute Gasteiger partial charge is 0.270 e. The van der Waals surface area contributed by atoms with Crippen LogP contribution in [-0.2, 0) is 4.74 Å². The van der Waals surface area contributed by atoms with Gasteiger partial charge in [0, 0.05) is 12.5 Å². The summed E-state index contributed by atoms with van der Waals surface area (Å²) in [4.78, 5) is 12.8. The zero-order chi connectivity index (χ0) is 16.5. The van der Waals surface area contributed by atoms with E-state index in [1.807, 2.05) is 43.3 Å². The topological polar surface area (TPSA) is 56.2 Å². The molecule has 4 rings (SSSR count). The molecule has 1 saturated carbocycles. The van der Waals surface area contributed by atoms with Crippen LogP contribution in [0.15, 0.2) is 36.4 Å². The number of carbonyl (C=O) groups is 1. The van der Waals surface area contributed by atoms with Gasteiger partial charge in [-0.25, -0.2) is 4.68 Å². The number of para-hydroxylation sites is 1. The molecule has 126 valence electrons. The number of carbonyl (C=O) groups excluding carboxylic acids is 1. The molecule has 1 aliphatic heterocycles. The summed E-state index contributed by atoms with van der Waals surface area (Å²) < 4.78 is 7.45. The molecule has 5 heteroatoms. The Kier molecular flexibility index (Phi) is 4.10. The van der Waals surface area contributed by atoms with E-state index in [4.69, 9.17) is 9.84 Å². The normalized spacial score (nSPS) is 21.6. The van der Waals surface area contributed by atoms with Crippen molar-refractivity contribution in [3.63, 3.8) is 0 Å². The van der Waals surface area contributed by atoms with E-state index >= 15 is 0 Å². The molecular weight excluding hydrogens is 302 g/mol. The van der Waals surface area contributed by atoms with Gasteiger partial charge in [-0.05, 0) is 50.8 Å². The molecule has 0 radical (unpaired) electrons. The van der Waals surface area contributed by atoms with Gasteiger partial charge in [-0.3, -0.25) is 4.79 Å². The maximum atomic E-state index is 12.8. The van der Waals surface area contributed by atoms with Crippen LogP contribution in [0.2, 0.25) is 0 Å². The fourth-order valence-electron chi connectivity index (χ4n) is 3.28. The molecule has 5 nitrogen and oxygen atoms in total. The van der Waals surface area contributed by atoms with Gasteiger partial charge in [-0.2, -0.15) is 5.10 Å². The van der Waals surface area contributed by atoms with Crippen molar-refractivity contribution < 1.29 is 9.53 Å². The van der Waals surface area contributed by atoms with E-state index < -0.39 is 0 Å². The van der Waals surface area contributed by atoms with Crippen LogP contribution in [0.3, 0.4) is 0 Å². The SMILES string of the molecule is CC(NC(=O)c1cc(C2CC2)nn1-c1ccccc1)C1CCCO1. The lowest BCUT2D eigenvalue weighted by atomic mass is 10.1. The molecule has 2 atom stereocenters. The lowest BCUT2D eigenvalue weighted by molar-refractivity contribution is 0.0708. The van der Waals surface area contributed by atoms with E-state index in [-0.39, 0.29) is 18.1 Å². The third-order valence-electron chi connectivity index (χ3n) is 4.84. The highest BCUT2D eigenvalue weighted by atomic mass is 16.5. The van der Waals surface area contributed by atoms with Crippen molar-refractivity contribution in [2.75, 3.05) is 6.61 Å². The van der Waals surface area contributed by atoms with Crippen molar-refractivity contribution in [3.8, 4) is 5.69 Å². The van der Waals surface area contributed by atoms with E-state index in [1.165, 1.54) is 12.8 Å². The molecule has 0 bridgehead atoms. The zero-order valence-corrected chi connectivity index (χ0v) is 13.9. The first-order valence-corrected chi connectivity index (χ1v) is 8.80. The average molecular weight is 325 g/mol. The molecule has 0 spiro atoms. The van der Waals surface area contributed by atoms with Gasteiger partial charge in [0.2, 0.25) is 0 Å². The van der Waals surface area contributed by atoms with Gasteiger partial charge in [0.1, 0.15) is 5.69 Å². The Bertz CT molecular complexity index is 715. The minimum Gasteiger partial charge on any atom is -0.376 e. The van der Waals surface area contributed by atoms with Gasteiger partial charge in [-0.15, -0.1) is 0 Å². The molecule has 1 saturated heterocycles. The second kappa shape index (κ2) is 6.40. The zero-order valence-electron chi connectivity index (χ0n) is 13.9. The molecule has 2 unspecified atom stereocenters. The monoisotopic (exact) mass is 325 g/mol. The summed E-state index contributed by atoms with van der Waals surface area (Å²) in [6, 6.07) is 11.8. The summed E-state index contributed by atoms with van der Waals surface area (Å²) >= 11 is 0. The van der Waals surface area contributed by atoms with Crippen LogP contribution in [-0.4, -0.2) is 34.4 Å². The Morgan fingerprint density at radius 2 is 2.08 bits per heavy atom. The molecule has 1 N–H and O–H groups in total. The number of amides is 1. The fourth-order valence-corrected chi connectivity index (χ4v) is 3.28. The van der Waals surface area contributed by atoms with Gasteiger partial charge in [0.15, 0.2) is 0 Å². The molecule has 24 heavy (non-hydrogen) atoms. The van der Waals surface area contributed by atoms with E-state index in [0.29, 0.717) is 11.6 Å². The number of aromatic nitrogens is 2. The third kappa shape index (κ3) is 3.08. The quantitative estimate of drug-likeness (QED) is 0.919. The molecule has 2 fully saturated rings. The van der Waals surface area contributed by atoms with Gasteiger partial charge in [0.25, 0.3) is 5.91 Å². The summed E-state index contributed by atoms with van der Waals surface area (Å²) in [5, 5.41) is 7.79. The molecule has 1 aliphatic carbocycles. The highest BCUT2D eigenvalue weighted by Crippen LogP contribution is 2.39. The first-order valence-electron chi connectivity index (χ1n) is 8.80. The van der Waals surface area contributed by atoms with Crippen molar-refractivity contribution in [2.24, 2.45) is 0 Å². The number of benzene rings is 1. The van der Waals surface area contributed by atoms with Crippen LogP contribution in [0.1, 0.15) is 54.7 Å². The van der Waals surface area contributed by atoms with E-state index in [1.54, 1.807) is 4.68 Å². The largest absolute Gasteiger partial charge is 0.376 e. The lowest BCUT2D eigenvalue weighted by Gasteiger charge is -2.20. The minimum atomic E-state index is -0.0822. The molecule has 1 aromatic carbocycles. The number of hydrogen-bond donors (Lipinski definition) is 1. The van der Waals surface area contributed by atoms with Gasteiger partial charge < -0.3 is 10.1 Å². The Morgan fingerprint density at radius 1 is 1.29 bits per heavy atom. The second-order valence-corrected chi connectivity index (χ2v) is 6.79. The van der Waals surface area contributed by atoms with Crippen LogP contribution in [0.25, 0.3) is 5.69 Å². The van der Waals surface area contributed by atoms with E-state index in [9.17, 15) is 4.79 Å². The number of rotatable bonds is 5.